The van der Waals surface area contributed by atoms with Crippen LogP contribution < -0.4 is 5.32 Å². The molecule has 0 aromatic rings. The number of carbonyl (C=O) groups excluding carboxylic acids is 1. The van der Waals surface area contributed by atoms with Crippen LogP contribution in [0.3, 0.4) is 0 Å². The molecule has 1 N–H and O–H groups in total. The molecular weight excluding hydrogens is 187 g/mol. The van der Waals surface area contributed by atoms with E-state index in [1.165, 1.54) is 0 Å². The maximum Gasteiger partial charge on any atom is 0.393 e. The molecule has 1 aliphatic heterocycles. The SMILES string of the molecule is COC(=O)[C@H]1C[C@H](C(F)(F)F)CN1. The van der Waals surface area contributed by atoms with E-state index in [1.807, 2.05) is 0 Å². The van der Waals surface area contributed by atoms with Gasteiger partial charge in [0.25, 0.3) is 0 Å². The van der Waals surface area contributed by atoms with Gasteiger partial charge in [0.2, 0.25) is 0 Å². The van der Waals surface area contributed by atoms with E-state index in [1.54, 1.807) is 0 Å². The summed E-state index contributed by atoms with van der Waals surface area (Å²) in [6, 6.07) is -0.809. The van der Waals surface area contributed by atoms with Crippen molar-refractivity contribution in [1.82, 2.24) is 5.32 Å². The van der Waals surface area contributed by atoms with Gasteiger partial charge in [-0.3, -0.25) is 4.79 Å². The zero-order valence-electron chi connectivity index (χ0n) is 7.02. The molecule has 76 valence electrons. The number of methoxy groups -OCH3 is 1. The van der Waals surface area contributed by atoms with E-state index >= 15 is 0 Å². The lowest BCUT2D eigenvalue weighted by Gasteiger charge is -2.12. The number of rotatable bonds is 1. The average Bonchev–Trinajstić information content (AvgIpc) is 2.50. The fraction of sp³-hybridized carbons (Fsp3) is 0.857. The molecule has 1 saturated heterocycles. The Hall–Kier alpha value is -0.780. The lowest BCUT2D eigenvalue weighted by molar-refractivity contribution is -0.169. The van der Waals surface area contributed by atoms with Crippen LogP contribution >= 0.6 is 0 Å². The van der Waals surface area contributed by atoms with Crippen LogP contribution in [-0.2, 0) is 9.53 Å². The van der Waals surface area contributed by atoms with E-state index in [0.717, 1.165) is 7.11 Å². The molecule has 13 heavy (non-hydrogen) atoms. The first-order valence-electron chi connectivity index (χ1n) is 3.83. The zero-order chi connectivity index (χ0) is 10.1. The zero-order valence-corrected chi connectivity index (χ0v) is 7.02. The fourth-order valence-corrected chi connectivity index (χ4v) is 1.31. The third-order valence-electron chi connectivity index (χ3n) is 2.08. The molecule has 0 spiro atoms. The molecule has 1 aliphatic rings. The second-order valence-electron chi connectivity index (χ2n) is 2.96. The first-order chi connectivity index (χ1) is 5.95. The smallest absolute Gasteiger partial charge is 0.393 e. The van der Waals surface area contributed by atoms with Gasteiger partial charge in [0, 0.05) is 6.54 Å². The Kier molecular flexibility index (Phi) is 2.80. The highest BCUT2D eigenvalue weighted by atomic mass is 19.4. The molecule has 1 heterocycles. The molecule has 6 heteroatoms. The molecule has 0 unspecified atom stereocenters. The highest BCUT2D eigenvalue weighted by molar-refractivity contribution is 5.76. The van der Waals surface area contributed by atoms with Crippen LogP contribution in [0.4, 0.5) is 13.2 Å². The van der Waals surface area contributed by atoms with Crippen molar-refractivity contribution in [1.29, 1.82) is 0 Å². The first-order valence-corrected chi connectivity index (χ1v) is 3.83. The van der Waals surface area contributed by atoms with Gasteiger partial charge < -0.3 is 10.1 Å². The van der Waals surface area contributed by atoms with E-state index < -0.39 is 24.1 Å². The van der Waals surface area contributed by atoms with E-state index in [9.17, 15) is 18.0 Å². The summed E-state index contributed by atoms with van der Waals surface area (Å²) in [5.41, 5.74) is 0. The van der Waals surface area contributed by atoms with Gasteiger partial charge in [0.1, 0.15) is 6.04 Å². The lowest BCUT2D eigenvalue weighted by atomic mass is 10.1. The van der Waals surface area contributed by atoms with Crippen molar-refractivity contribution in [3.05, 3.63) is 0 Å². The van der Waals surface area contributed by atoms with Crippen molar-refractivity contribution in [2.45, 2.75) is 18.6 Å². The van der Waals surface area contributed by atoms with Gasteiger partial charge >= 0.3 is 12.1 Å². The first kappa shape index (κ1) is 10.3. The van der Waals surface area contributed by atoms with E-state index in [2.05, 4.69) is 10.1 Å². The second-order valence-corrected chi connectivity index (χ2v) is 2.96. The number of alkyl halides is 3. The molecule has 3 nitrogen and oxygen atoms in total. The Morgan fingerprint density at radius 3 is 2.54 bits per heavy atom. The third kappa shape index (κ3) is 2.33. The summed E-state index contributed by atoms with van der Waals surface area (Å²) in [5.74, 6) is -2.07. The van der Waals surface area contributed by atoms with Crippen LogP contribution in [0.25, 0.3) is 0 Å². The number of hydrogen-bond donors (Lipinski definition) is 1. The molecule has 0 bridgehead atoms. The van der Waals surface area contributed by atoms with Crippen LogP contribution in [-0.4, -0.2) is 31.8 Å². The van der Waals surface area contributed by atoms with Crippen molar-refractivity contribution in [3.63, 3.8) is 0 Å². The normalized spacial score (nSPS) is 28.9. The van der Waals surface area contributed by atoms with Crippen LogP contribution in [0.1, 0.15) is 6.42 Å². The van der Waals surface area contributed by atoms with Gasteiger partial charge in [-0.15, -0.1) is 0 Å². The molecular formula is C7H10F3NO2. The summed E-state index contributed by atoms with van der Waals surface area (Å²) < 4.78 is 40.7. The number of halogens is 3. The minimum absolute atomic E-state index is 0.205. The number of ether oxygens (including phenoxy) is 1. The van der Waals surface area contributed by atoms with E-state index in [-0.39, 0.29) is 13.0 Å². The highest BCUT2D eigenvalue weighted by Gasteiger charge is 2.45. The van der Waals surface area contributed by atoms with Crippen molar-refractivity contribution in [3.8, 4) is 0 Å². The topological polar surface area (TPSA) is 38.3 Å². The van der Waals surface area contributed by atoms with Gasteiger partial charge in [-0.2, -0.15) is 13.2 Å². The van der Waals surface area contributed by atoms with E-state index in [0.29, 0.717) is 0 Å². The Balaban J connectivity index is 2.50. The number of carbonyl (C=O) groups is 1. The summed E-state index contributed by atoms with van der Waals surface area (Å²) in [4.78, 5) is 10.8. The van der Waals surface area contributed by atoms with Gasteiger partial charge in [0.15, 0.2) is 0 Å². The Bertz CT molecular complexity index is 204. The van der Waals surface area contributed by atoms with Gasteiger partial charge in [-0.25, -0.2) is 0 Å². The van der Waals surface area contributed by atoms with Crippen molar-refractivity contribution < 1.29 is 22.7 Å². The molecule has 0 aliphatic carbocycles. The van der Waals surface area contributed by atoms with E-state index in [4.69, 9.17) is 0 Å². The van der Waals surface area contributed by atoms with Crippen molar-refractivity contribution in [2.75, 3.05) is 13.7 Å². The summed E-state index contributed by atoms with van der Waals surface area (Å²) >= 11 is 0. The molecule has 0 radical (unpaired) electrons. The second kappa shape index (κ2) is 3.53. The lowest BCUT2D eigenvalue weighted by Crippen LogP contribution is -2.31. The summed E-state index contributed by atoms with van der Waals surface area (Å²) in [7, 11) is 1.16. The highest BCUT2D eigenvalue weighted by Crippen LogP contribution is 2.32. The molecule has 1 rings (SSSR count). The number of nitrogens with one attached hydrogen (secondary N) is 1. The molecule has 0 aromatic heterocycles. The van der Waals surface area contributed by atoms with Crippen molar-refractivity contribution >= 4 is 5.97 Å². The van der Waals surface area contributed by atoms with Gasteiger partial charge in [0.05, 0.1) is 13.0 Å². The summed E-state index contributed by atoms with van der Waals surface area (Å²) in [5, 5.41) is 2.47. The van der Waals surface area contributed by atoms with Crippen LogP contribution in [0.5, 0.6) is 0 Å². The monoisotopic (exact) mass is 197 g/mol. The Labute approximate surface area is 73.2 Å². The number of hydrogen-bond acceptors (Lipinski definition) is 3. The summed E-state index contributed by atoms with van der Waals surface area (Å²) in [6.45, 7) is -0.205. The summed E-state index contributed by atoms with van der Waals surface area (Å²) in [6.07, 6.45) is -4.45. The quantitative estimate of drug-likeness (QED) is 0.629. The standard InChI is InChI=1S/C7H10F3NO2/c1-13-6(12)5-2-4(3-11-5)7(8,9)10/h4-5,11H,2-3H2,1H3/t4-,5+/m0/s1. The molecule has 1 fully saturated rings. The van der Waals surface area contributed by atoms with Crippen molar-refractivity contribution in [2.24, 2.45) is 5.92 Å². The third-order valence-corrected chi connectivity index (χ3v) is 2.08. The maximum atomic E-state index is 12.1. The van der Waals surface area contributed by atoms with Gasteiger partial charge in [-0.1, -0.05) is 0 Å². The predicted molar refractivity (Wildman–Crippen MR) is 38.0 cm³/mol. The molecule has 0 aromatic carbocycles. The molecule has 0 saturated carbocycles. The Morgan fingerprint density at radius 1 is 1.54 bits per heavy atom. The largest absolute Gasteiger partial charge is 0.468 e. The average molecular weight is 197 g/mol. The Morgan fingerprint density at radius 2 is 2.15 bits per heavy atom. The molecule has 0 amide bonds. The predicted octanol–water partition coefficient (Wildman–Crippen LogP) is 0.700. The fourth-order valence-electron chi connectivity index (χ4n) is 1.31. The van der Waals surface area contributed by atoms with Gasteiger partial charge in [-0.05, 0) is 6.42 Å². The van der Waals surface area contributed by atoms with Crippen LogP contribution in [0.2, 0.25) is 0 Å². The maximum absolute atomic E-state index is 12.1. The minimum atomic E-state index is -4.23. The molecule has 2 atom stereocenters. The van der Waals surface area contributed by atoms with Crippen LogP contribution in [0.15, 0.2) is 0 Å². The number of esters is 1. The van der Waals surface area contributed by atoms with Crippen LogP contribution in [0, 0.1) is 5.92 Å². The minimum Gasteiger partial charge on any atom is -0.468 e.